The van der Waals surface area contributed by atoms with Crippen molar-refractivity contribution in [2.45, 2.75) is 39.7 Å². The fourth-order valence-electron chi connectivity index (χ4n) is 3.18. The Kier molecular flexibility index (Phi) is 3.74. The number of carbonyl (C=O) groups excluding carboxylic acids is 1. The third kappa shape index (κ3) is 2.42. The molecule has 0 radical (unpaired) electrons. The van der Waals surface area contributed by atoms with Crippen LogP contribution in [0, 0.1) is 20.8 Å². The van der Waals surface area contributed by atoms with E-state index in [-0.39, 0.29) is 12.0 Å². The predicted octanol–water partition coefficient (Wildman–Crippen LogP) is 2.38. The second-order valence-corrected chi connectivity index (χ2v) is 5.41. The van der Waals surface area contributed by atoms with E-state index in [1.165, 1.54) is 35.1 Å². The van der Waals surface area contributed by atoms with Crippen LogP contribution in [-0.4, -0.2) is 36.5 Å². The lowest BCUT2D eigenvalue weighted by Crippen LogP contribution is -2.31. The number of benzene rings is 1. The van der Waals surface area contributed by atoms with Gasteiger partial charge in [0.2, 0.25) is 6.04 Å². The van der Waals surface area contributed by atoms with Crippen molar-refractivity contribution in [2.24, 2.45) is 0 Å². The Morgan fingerprint density at radius 1 is 1.26 bits per heavy atom. The van der Waals surface area contributed by atoms with Gasteiger partial charge in [-0.2, -0.15) is 0 Å². The maximum Gasteiger partial charge on any atom is 0.375 e. The van der Waals surface area contributed by atoms with Crippen LogP contribution < -0.4 is 0 Å². The van der Waals surface area contributed by atoms with E-state index in [2.05, 4.69) is 37.5 Å². The summed E-state index contributed by atoms with van der Waals surface area (Å²) in [5, 5.41) is 0. The van der Waals surface area contributed by atoms with Gasteiger partial charge < -0.3 is 4.74 Å². The van der Waals surface area contributed by atoms with Crippen molar-refractivity contribution in [3.63, 3.8) is 0 Å². The molecule has 0 aliphatic carbocycles. The molecule has 1 unspecified atom stereocenters. The standard InChI is InChI=1S/C16H22NO2/c1-10-8-11(2)15(12(3)9-10)13-6-7-14(17(13)4)16(18)19-5/h8-9,14H,6-7H2,1-5H3/q+1. The van der Waals surface area contributed by atoms with E-state index in [9.17, 15) is 4.79 Å². The zero-order valence-electron chi connectivity index (χ0n) is 12.4. The predicted molar refractivity (Wildman–Crippen MR) is 76.0 cm³/mol. The molecule has 19 heavy (non-hydrogen) atoms. The van der Waals surface area contributed by atoms with Gasteiger partial charge in [-0.15, -0.1) is 0 Å². The summed E-state index contributed by atoms with van der Waals surface area (Å²) in [7, 11) is 3.44. The SMILES string of the molecule is COC(=O)C1CCC(c2c(C)cc(C)cc2C)=[N+]1C. The monoisotopic (exact) mass is 260 g/mol. The van der Waals surface area contributed by atoms with Crippen LogP contribution in [0.3, 0.4) is 0 Å². The first kappa shape index (κ1) is 13.8. The third-order valence-corrected chi connectivity index (χ3v) is 3.99. The minimum Gasteiger partial charge on any atom is -0.464 e. The van der Waals surface area contributed by atoms with Crippen molar-refractivity contribution >= 4 is 11.7 Å². The van der Waals surface area contributed by atoms with Gasteiger partial charge in [0.15, 0.2) is 5.71 Å². The van der Waals surface area contributed by atoms with E-state index in [0.29, 0.717) is 0 Å². The fraction of sp³-hybridized carbons (Fsp3) is 0.500. The number of esters is 1. The van der Waals surface area contributed by atoms with E-state index in [1.54, 1.807) is 0 Å². The first-order chi connectivity index (χ1) is 8.95. The van der Waals surface area contributed by atoms with Crippen LogP contribution in [0.4, 0.5) is 0 Å². The van der Waals surface area contributed by atoms with Crippen LogP contribution in [0.2, 0.25) is 0 Å². The number of likely N-dealkylation sites (N-methyl/N-ethyl adjacent to an activating group) is 1. The lowest BCUT2D eigenvalue weighted by molar-refractivity contribution is -0.517. The first-order valence-corrected chi connectivity index (χ1v) is 6.70. The lowest BCUT2D eigenvalue weighted by atomic mass is 9.95. The molecule has 1 aromatic rings. The number of hydrogen-bond donors (Lipinski definition) is 0. The highest BCUT2D eigenvalue weighted by Crippen LogP contribution is 2.24. The van der Waals surface area contributed by atoms with Crippen molar-refractivity contribution in [3.05, 3.63) is 34.4 Å². The molecule has 1 aliphatic heterocycles. The number of rotatable bonds is 2. The van der Waals surface area contributed by atoms with Crippen molar-refractivity contribution in [2.75, 3.05) is 14.2 Å². The average Bonchev–Trinajstić information content (AvgIpc) is 2.69. The molecule has 1 aliphatic rings. The van der Waals surface area contributed by atoms with Crippen molar-refractivity contribution in [1.29, 1.82) is 0 Å². The first-order valence-electron chi connectivity index (χ1n) is 6.70. The summed E-state index contributed by atoms with van der Waals surface area (Å²) in [5.74, 6) is -0.139. The molecular weight excluding hydrogens is 238 g/mol. The van der Waals surface area contributed by atoms with Gasteiger partial charge in [-0.05, 0) is 31.9 Å². The Morgan fingerprint density at radius 3 is 2.37 bits per heavy atom. The van der Waals surface area contributed by atoms with Crippen LogP contribution in [0.1, 0.15) is 35.1 Å². The number of carbonyl (C=O) groups is 1. The van der Waals surface area contributed by atoms with Gasteiger partial charge in [-0.25, -0.2) is 9.37 Å². The molecule has 102 valence electrons. The van der Waals surface area contributed by atoms with E-state index >= 15 is 0 Å². The molecule has 0 fully saturated rings. The molecular formula is C16H22NO2+. The van der Waals surface area contributed by atoms with Crippen LogP contribution in [0.5, 0.6) is 0 Å². The zero-order chi connectivity index (χ0) is 14.2. The Bertz CT molecular complexity index is 535. The van der Waals surface area contributed by atoms with Gasteiger partial charge in [0.05, 0.1) is 7.11 Å². The molecule has 0 amide bonds. The lowest BCUT2D eigenvalue weighted by Gasteiger charge is -2.10. The summed E-state index contributed by atoms with van der Waals surface area (Å²) in [6, 6.07) is 4.27. The highest BCUT2D eigenvalue weighted by molar-refractivity contribution is 6.01. The molecule has 3 nitrogen and oxygen atoms in total. The minimum absolute atomic E-state index is 0.139. The number of aryl methyl sites for hydroxylation is 3. The Balaban J connectivity index is 2.49. The normalized spacial score (nSPS) is 18.9. The fourth-order valence-corrected chi connectivity index (χ4v) is 3.18. The van der Waals surface area contributed by atoms with Crippen molar-refractivity contribution in [1.82, 2.24) is 0 Å². The molecule has 1 atom stereocenters. The van der Waals surface area contributed by atoms with Gasteiger partial charge in [0.1, 0.15) is 7.05 Å². The van der Waals surface area contributed by atoms with Gasteiger partial charge in [0.25, 0.3) is 0 Å². The Hall–Kier alpha value is -1.64. The third-order valence-electron chi connectivity index (χ3n) is 3.99. The summed E-state index contributed by atoms with van der Waals surface area (Å²) in [4.78, 5) is 11.7. The largest absolute Gasteiger partial charge is 0.464 e. The summed E-state index contributed by atoms with van der Waals surface area (Å²) < 4.78 is 6.95. The number of methoxy groups -OCH3 is 1. The van der Waals surface area contributed by atoms with E-state index in [4.69, 9.17) is 4.74 Å². The van der Waals surface area contributed by atoms with Crippen LogP contribution >= 0.6 is 0 Å². The van der Waals surface area contributed by atoms with Gasteiger partial charge in [-0.3, -0.25) is 0 Å². The maximum absolute atomic E-state index is 11.7. The quantitative estimate of drug-likeness (QED) is 0.603. The average molecular weight is 260 g/mol. The number of hydrogen-bond acceptors (Lipinski definition) is 2. The summed E-state index contributed by atoms with van der Waals surface area (Å²) in [5.41, 5.74) is 6.39. The number of ether oxygens (including phenoxy) is 1. The van der Waals surface area contributed by atoms with Gasteiger partial charge in [-0.1, -0.05) is 17.7 Å². The molecule has 2 rings (SSSR count). The highest BCUT2D eigenvalue weighted by Gasteiger charge is 2.38. The van der Waals surface area contributed by atoms with Crippen LogP contribution in [0.25, 0.3) is 0 Å². The Morgan fingerprint density at radius 2 is 1.84 bits per heavy atom. The molecule has 1 heterocycles. The topological polar surface area (TPSA) is 29.3 Å². The summed E-state index contributed by atoms with van der Waals surface area (Å²) >= 11 is 0. The maximum atomic E-state index is 11.7. The molecule has 1 aromatic carbocycles. The van der Waals surface area contributed by atoms with Crippen molar-refractivity contribution < 1.29 is 14.1 Å². The molecule has 0 aromatic heterocycles. The van der Waals surface area contributed by atoms with E-state index in [1.807, 2.05) is 7.05 Å². The van der Waals surface area contributed by atoms with Gasteiger partial charge >= 0.3 is 5.97 Å². The molecule has 0 saturated carbocycles. The minimum atomic E-state index is -0.139. The summed E-state index contributed by atoms with van der Waals surface area (Å²) in [6.45, 7) is 6.40. The second kappa shape index (κ2) is 5.16. The molecule has 0 saturated heterocycles. The molecule has 0 N–H and O–H groups in total. The Labute approximate surface area is 114 Å². The molecule has 0 bridgehead atoms. The smallest absolute Gasteiger partial charge is 0.375 e. The van der Waals surface area contributed by atoms with E-state index in [0.717, 1.165) is 12.8 Å². The second-order valence-electron chi connectivity index (χ2n) is 5.41. The highest BCUT2D eigenvalue weighted by atomic mass is 16.5. The van der Waals surface area contributed by atoms with Crippen molar-refractivity contribution in [3.8, 4) is 0 Å². The van der Waals surface area contributed by atoms with E-state index < -0.39 is 0 Å². The molecule has 3 heteroatoms. The van der Waals surface area contributed by atoms with Crippen LogP contribution in [-0.2, 0) is 9.53 Å². The van der Waals surface area contributed by atoms with Crippen LogP contribution in [0.15, 0.2) is 12.1 Å². The van der Waals surface area contributed by atoms with Gasteiger partial charge in [0, 0.05) is 18.4 Å². The number of nitrogens with zero attached hydrogens (tertiary/aromatic N) is 1. The zero-order valence-corrected chi connectivity index (χ0v) is 12.4. The molecule has 0 spiro atoms. The summed E-state index contributed by atoms with van der Waals surface area (Å²) in [6.07, 6.45) is 1.77.